The highest BCUT2D eigenvalue weighted by atomic mass is 35.5. The Hall–Kier alpha value is -2.69. The van der Waals surface area contributed by atoms with E-state index in [2.05, 4.69) is 36.1 Å². The number of hydrogen-bond acceptors (Lipinski definition) is 6. The molecule has 0 spiro atoms. The molecule has 4 N–H and O–H groups in total. The van der Waals surface area contributed by atoms with Crippen LogP contribution in [-0.4, -0.2) is 62.1 Å². The summed E-state index contributed by atoms with van der Waals surface area (Å²) >= 11 is 5.84. The topological polar surface area (TPSA) is 102 Å². The number of aromatic nitrogens is 4. The van der Waals surface area contributed by atoms with Crippen molar-refractivity contribution < 1.29 is 9.87 Å². The first-order chi connectivity index (χ1) is 16.6. The Bertz CT molecular complexity index is 1250. The van der Waals surface area contributed by atoms with E-state index in [1.807, 2.05) is 36.4 Å². The molecule has 1 saturated heterocycles. The molecule has 0 radical (unpaired) electrons. The molecule has 1 aliphatic heterocycles. The average Bonchev–Trinajstić information content (AvgIpc) is 3.18. The third kappa shape index (κ3) is 7.90. The van der Waals surface area contributed by atoms with Crippen LogP contribution in [0.25, 0.3) is 11.0 Å². The van der Waals surface area contributed by atoms with Crippen molar-refractivity contribution in [2.75, 3.05) is 36.8 Å². The van der Waals surface area contributed by atoms with Crippen LogP contribution in [0.15, 0.2) is 60.8 Å². The van der Waals surface area contributed by atoms with E-state index in [4.69, 9.17) is 16.6 Å². The lowest BCUT2D eigenvalue weighted by atomic mass is 10.1. The summed E-state index contributed by atoms with van der Waals surface area (Å²) in [6, 6.07) is 17.0. The van der Waals surface area contributed by atoms with Crippen LogP contribution in [0.1, 0.15) is 18.4 Å². The van der Waals surface area contributed by atoms with E-state index >= 15 is 0 Å². The Balaban J connectivity index is 0.00000160. The van der Waals surface area contributed by atoms with Gasteiger partial charge in [0.1, 0.15) is 11.6 Å². The van der Waals surface area contributed by atoms with Crippen LogP contribution in [0, 0.1) is 5.82 Å². The highest BCUT2D eigenvalue weighted by Gasteiger charge is 2.21. The number of hydrogen-bond donors (Lipinski definition) is 2. The van der Waals surface area contributed by atoms with Crippen LogP contribution in [0.2, 0.25) is 5.28 Å². The number of piperidine rings is 1. The summed E-state index contributed by atoms with van der Waals surface area (Å²) in [6.45, 7) is 4.42. The van der Waals surface area contributed by atoms with Crippen LogP contribution in [0.4, 0.5) is 16.2 Å². The lowest BCUT2D eigenvalue weighted by Gasteiger charge is -2.32. The first-order valence-corrected chi connectivity index (χ1v) is 11.9. The molecular formula is C25H31Cl3FN7O. The van der Waals surface area contributed by atoms with Crippen molar-refractivity contribution in [3.63, 3.8) is 0 Å². The Morgan fingerprint density at radius 2 is 1.70 bits per heavy atom. The van der Waals surface area contributed by atoms with Gasteiger partial charge in [-0.1, -0.05) is 24.3 Å². The monoisotopic (exact) mass is 569 g/mol. The number of rotatable bonds is 8. The molecule has 1 aliphatic rings. The molecular weight excluding hydrogens is 540 g/mol. The Morgan fingerprint density at radius 3 is 2.43 bits per heavy atom. The molecule has 5 rings (SSSR count). The van der Waals surface area contributed by atoms with Crippen LogP contribution >= 0.6 is 36.4 Å². The third-order valence-corrected chi connectivity index (χ3v) is 6.37. The maximum Gasteiger partial charge on any atom is 0.224 e. The van der Waals surface area contributed by atoms with E-state index < -0.39 is 0 Å². The second kappa shape index (κ2) is 14.3. The fraction of sp³-hybridized carbons (Fsp3) is 0.320. The van der Waals surface area contributed by atoms with Crippen LogP contribution in [-0.2, 0) is 6.54 Å². The maximum absolute atomic E-state index is 13.4. The molecule has 0 aliphatic carbocycles. The smallest absolute Gasteiger partial charge is 0.224 e. The number of fused-ring (bicyclic) bond motifs is 1. The summed E-state index contributed by atoms with van der Waals surface area (Å²) in [5.74, 6) is 1.39. The Kier molecular flexibility index (Phi) is 11.8. The van der Waals surface area contributed by atoms with Gasteiger partial charge in [0, 0.05) is 38.4 Å². The normalized spacial score (nSPS) is 13.8. The first-order valence-electron chi connectivity index (χ1n) is 11.5. The van der Waals surface area contributed by atoms with Crippen molar-refractivity contribution in [2.45, 2.75) is 25.4 Å². The van der Waals surface area contributed by atoms with E-state index in [1.165, 1.54) is 12.1 Å². The van der Waals surface area contributed by atoms with Crippen molar-refractivity contribution >= 4 is 59.2 Å². The number of para-hydroxylation sites is 2. The van der Waals surface area contributed by atoms with Gasteiger partial charge in [-0.15, -0.1) is 24.8 Å². The van der Waals surface area contributed by atoms with Gasteiger partial charge in [0.05, 0.1) is 17.6 Å². The standard InChI is InChI=1S/C25H27ClFN7.2ClH.H2O/c26-24-29-12-9-23(32-24)28-13-16-33-14-10-20(11-15-33)30-25-31-21-3-1-2-4-22(21)34(25)17-18-5-7-19(27)8-6-18;;;/h1-9,12,20H,10-11,13-17H2,(H,30,31)(H,28,29,32);2*1H;1H2. The molecule has 37 heavy (non-hydrogen) atoms. The summed E-state index contributed by atoms with van der Waals surface area (Å²) in [4.78, 5) is 15.4. The Morgan fingerprint density at radius 1 is 0.973 bits per heavy atom. The van der Waals surface area contributed by atoms with Gasteiger partial charge in [0.15, 0.2) is 0 Å². The number of likely N-dealkylation sites (tertiary alicyclic amines) is 1. The fourth-order valence-corrected chi connectivity index (χ4v) is 4.52. The van der Waals surface area contributed by atoms with E-state index in [-0.39, 0.29) is 41.4 Å². The summed E-state index contributed by atoms with van der Waals surface area (Å²) in [7, 11) is 0. The molecule has 2 aromatic heterocycles. The molecule has 200 valence electrons. The van der Waals surface area contributed by atoms with E-state index in [1.54, 1.807) is 6.20 Å². The van der Waals surface area contributed by atoms with Gasteiger partial charge in [0.25, 0.3) is 0 Å². The second-order valence-electron chi connectivity index (χ2n) is 8.53. The number of imidazole rings is 1. The first kappa shape index (κ1) is 30.5. The van der Waals surface area contributed by atoms with Crippen molar-refractivity contribution in [2.24, 2.45) is 0 Å². The molecule has 2 aromatic carbocycles. The van der Waals surface area contributed by atoms with Crippen LogP contribution in [0.5, 0.6) is 0 Å². The van der Waals surface area contributed by atoms with Gasteiger partial charge >= 0.3 is 0 Å². The van der Waals surface area contributed by atoms with Gasteiger partial charge in [0.2, 0.25) is 11.2 Å². The fourth-order valence-electron chi connectivity index (χ4n) is 4.38. The largest absolute Gasteiger partial charge is 0.412 e. The third-order valence-electron chi connectivity index (χ3n) is 6.19. The quantitative estimate of drug-likeness (QED) is 0.298. The summed E-state index contributed by atoms with van der Waals surface area (Å²) in [6.07, 6.45) is 3.73. The molecule has 8 nitrogen and oxygen atoms in total. The van der Waals surface area contributed by atoms with Crippen molar-refractivity contribution in [3.8, 4) is 0 Å². The zero-order valence-corrected chi connectivity index (χ0v) is 22.5. The minimum Gasteiger partial charge on any atom is -0.412 e. The number of halogens is 4. The zero-order valence-electron chi connectivity index (χ0n) is 20.1. The molecule has 12 heteroatoms. The minimum absolute atomic E-state index is 0. The van der Waals surface area contributed by atoms with Gasteiger partial charge in [-0.05, 0) is 60.3 Å². The van der Waals surface area contributed by atoms with Crippen LogP contribution in [0.3, 0.4) is 0 Å². The number of benzene rings is 2. The molecule has 0 atom stereocenters. The number of anilines is 2. The molecule has 0 saturated carbocycles. The second-order valence-corrected chi connectivity index (χ2v) is 8.87. The average molecular weight is 571 g/mol. The molecule has 1 fully saturated rings. The lowest BCUT2D eigenvalue weighted by molar-refractivity contribution is 0.226. The summed E-state index contributed by atoms with van der Waals surface area (Å²) in [5, 5.41) is 7.24. The highest BCUT2D eigenvalue weighted by molar-refractivity contribution is 6.28. The molecule has 0 amide bonds. The van der Waals surface area contributed by atoms with Gasteiger partial charge < -0.3 is 25.6 Å². The van der Waals surface area contributed by atoms with Gasteiger partial charge in [-0.25, -0.2) is 19.3 Å². The van der Waals surface area contributed by atoms with Gasteiger partial charge in [-0.2, -0.15) is 0 Å². The van der Waals surface area contributed by atoms with E-state index in [0.29, 0.717) is 12.6 Å². The predicted molar refractivity (Wildman–Crippen MR) is 152 cm³/mol. The molecule has 0 unspecified atom stereocenters. The van der Waals surface area contributed by atoms with Gasteiger partial charge in [-0.3, -0.25) is 0 Å². The van der Waals surface area contributed by atoms with Crippen molar-refractivity contribution in [3.05, 3.63) is 77.5 Å². The molecule has 3 heterocycles. The molecule has 4 aromatic rings. The lowest BCUT2D eigenvalue weighted by Crippen LogP contribution is -2.41. The zero-order chi connectivity index (χ0) is 23.3. The summed E-state index contributed by atoms with van der Waals surface area (Å²) < 4.78 is 15.6. The highest BCUT2D eigenvalue weighted by Crippen LogP contribution is 2.24. The van der Waals surface area contributed by atoms with Crippen molar-refractivity contribution in [1.82, 2.24) is 24.4 Å². The van der Waals surface area contributed by atoms with Crippen molar-refractivity contribution in [1.29, 1.82) is 0 Å². The maximum atomic E-state index is 13.4. The SMILES string of the molecule is Cl.Cl.Fc1ccc(Cn2c(NC3CCN(CCNc4ccnc(Cl)n4)CC3)nc3ccccc32)cc1.O. The minimum atomic E-state index is -0.222. The Labute approximate surface area is 232 Å². The number of nitrogens with one attached hydrogen (secondary N) is 2. The molecule has 0 bridgehead atoms. The number of nitrogens with zero attached hydrogens (tertiary/aromatic N) is 5. The van der Waals surface area contributed by atoms with Crippen LogP contribution < -0.4 is 10.6 Å². The summed E-state index contributed by atoms with van der Waals surface area (Å²) in [5.41, 5.74) is 3.07. The predicted octanol–water partition coefficient (Wildman–Crippen LogP) is 4.67. The van der Waals surface area contributed by atoms with E-state index in [0.717, 1.165) is 67.4 Å². The van der Waals surface area contributed by atoms with E-state index in [9.17, 15) is 4.39 Å².